The lowest BCUT2D eigenvalue weighted by Crippen LogP contribution is -2.31. The highest BCUT2D eigenvalue weighted by atomic mass is 32.2. The van der Waals surface area contributed by atoms with Gasteiger partial charge < -0.3 is 24.0 Å². The number of hydrogen-bond donors (Lipinski definition) is 2. The molecule has 0 aromatic heterocycles. The van der Waals surface area contributed by atoms with Crippen molar-refractivity contribution >= 4 is 74.7 Å². The van der Waals surface area contributed by atoms with Crippen molar-refractivity contribution in [3.05, 3.63) is 108 Å². The van der Waals surface area contributed by atoms with Crippen LogP contribution in [0.25, 0.3) is 21.5 Å². The molecule has 65 heavy (non-hydrogen) atoms. The van der Waals surface area contributed by atoms with Crippen molar-refractivity contribution in [1.29, 1.82) is 0 Å². The summed E-state index contributed by atoms with van der Waals surface area (Å²) in [4.78, 5) is 13.3. The highest BCUT2D eigenvalue weighted by molar-refractivity contribution is 7.91. The molecule has 1 atom stereocenters. The SMILES string of the molecule is COCCCS(=O)(=O)c1ccc2c3c(ccc2c1)[N+](CCCCCC(=O)O)=C(C=CC=CC=C1N(CCOC)c2ccc4cc(S(=O)(=O)O)ccc4c2C1(C)CCCS(=O)(=O)[O-])C3(C)C. The second kappa shape index (κ2) is 20.0. The van der Waals surface area contributed by atoms with E-state index in [1.807, 2.05) is 55.5 Å². The third kappa shape index (κ3) is 10.9. The van der Waals surface area contributed by atoms with Crippen LogP contribution in [0.3, 0.4) is 0 Å². The Morgan fingerprint density at radius 2 is 1.43 bits per heavy atom. The Labute approximate surface area is 382 Å². The Morgan fingerprint density at radius 1 is 0.769 bits per heavy atom. The molecule has 2 aliphatic rings. The van der Waals surface area contributed by atoms with Crippen molar-refractivity contribution in [2.24, 2.45) is 0 Å². The minimum absolute atomic E-state index is 0.0220. The fraction of sp³-hybridized carbons (Fsp3) is 0.417. The number of rotatable bonds is 22. The summed E-state index contributed by atoms with van der Waals surface area (Å²) in [5, 5.41) is 12.2. The second-order valence-electron chi connectivity index (χ2n) is 17.3. The molecule has 6 rings (SSSR count). The average molecular weight is 951 g/mol. The number of anilines is 1. The lowest BCUT2D eigenvalue weighted by molar-refractivity contribution is -0.438. The number of methoxy groups -OCH3 is 2. The molecule has 0 spiro atoms. The molecule has 4 aromatic carbocycles. The lowest BCUT2D eigenvalue weighted by atomic mass is 9.76. The molecule has 14 nitrogen and oxygen atoms in total. The Kier molecular flexibility index (Phi) is 15.3. The van der Waals surface area contributed by atoms with Crippen molar-refractivity contribution in [1.82, 2.24) is 0 Å². The van der Waals surface area contributed by atoms with Crippen LogP contribution in [0.5, 0.6) is 0 Å². The minimum Gasteiger partial charge on any atom is -0.748 e. The number of sulfone groups is 1. The van der Waals surface area contributed by atoms with E-state index in [4.69, 9.17) is 9.47 Å². The quantitative estimate of drug-likeness (QED) is 0.0334. The van der Waals surface area contributed by atoms with Crippen molar-refractivity contribution in [2.45, 2.75) is 86.3 Å². The monoisotopic (exact) mass is 950 g/mol. The van der Waals surface area contributed by atoms with Gasteiger partial charge in [-0.2, -0.15) is 13.0 Å². The number of ether oxygens (including phenoxy) is 2. The summed E-state index contributed by atoms with van der Waals surface area (Å²) < 4.78 is 109. The predicted molar refractivity (Wildman–Crippen MR) is 252 cm³/mol. The molecule has 2 heterocycles. The Bertz CT molecular complexity index is 2940. The third-order valence-electron chi connectivity index (χ3n) is 12.5. The molecule has 2 aliphatic heterocycles. The highest BCUT2D eigenvalue weighted by Gasteiger charge is 2.46. The van der Waals surface area contributed by atoms with E-state index >= 15 is 0 Å². The number of carboxylic acid groups (broad SMARTS) is 1. The number of carboxylic acids is 1. The number of unbranched alkanes of at least 4 members (excludes halogenated alkanes) is 2. The molecule has 17 heteroatoms. The van der Waals surface area contributed by atoms with Gasteiger partial charge in [-0.15, -0.1) is 0 Å². The summed E-state index contributed by atoms with van der Waals surface area (Å²) in [5.41, 5.74) is 4.14. The summed E-state index contributed by atoms with van der Waals surface area (Å²) in [5.74, 6) is -1.41. The molecule has 0 radical (unpaired) electrons. The van der Waals surface area contributed by atoms with E-state index in [1.54, 1.807) is 38.5 Å². The van der Waals surface area contributed by atoms with Crippen molar-refractivity contribution in [3.63, 3.8) is 0 Å². The van der Waals surface area contributed by atoms with Crippen LogP contribution in [-0.2, 0) is 55.2 Å². The standard InChI is InChI=1S/C48H58N2O12S3/c1-47(2)42(49(26-11-7-10-16-44(51)52)40-23-17-34-32-36(19-21-38(34)45(40)47)63(53,54)30-13-28-61-4)14-8-6-9-15-43-48(3,25-12-31-64(55,56)57)46-39-22-20-37(65(58,59)60)33-35(39)18-24-41(46)50(43)27-29-62-5/h6,8-9,14-15,17-24,32-33H,7,10-13,16,25-31H2,1-5H3,(H2-,51,52,55,56,57,58,59,60). The Hall–Kier alpha value is -4.75. The molecule has 0 saturated heterocycles. The van der Waals surface area contributed by atoms with E-state index in [0.29, 0.717) is 49.9 Å². The van der Waals surface area contributed by atoms with Crippen LogP contribution >= 0.6 is 0 Å². The van der Waals surface area contributed by atoms with Gasteiger partial charge in [0.15, 0.2) is 15.5 Å². The number of nitrogens with zero attached hydrogens (tertiary/aromatic N) is 2. The summed E-state index contributed by atoms with van der Waals surface area (Å²) in [7, 11) is -9.39. The van der Waals surface area contributed by atoms with Gasteiger partial charge in [-0.3, -0.25) is 9.35 Å². The van der Waals surface area contributed by atoms with E-state index in [9.17, 15) is 44.3 Å². The topological polar surface area (TPSA) is 208 Å². The van der Waals surface area contributed by atoms with Gasteiger partial charge in [0.1, 0.15) is 6.54 Å². The molecule has 0 fully saturated rings. The number of fused-ring (bicyclic) bond motifs is 6. The van der Waals surface area contributed by atoms with Crippen LogP contribution in [0.15, 0.2) is 107 Å². The van der Waals surface area contributed by atoms with Gasteiger partial charge in [-0.1, -0.05) is 36.4 Å². The Balaban J connectivity index is 1.40. The van der Waals surface area contributed by atoms with E-state index in [0.717, 1.165) is 57.5 Å². The first-order chi connectivity index (χ1) is 30.6. The van der Waals surface area contributed by atoms with Gasteiger partial charge in [-0.05, 0) is 122 Å². The maximum atomic E-state index is 13.2. The number of allylic oxidation sites excluding steroid dienone is 6. The van der Waals surface area contributed by atoms with Crippen LogP contribution in [0.2, 0.25) is 0 Å². The molecule has 0 amide bonds. The van der Waals surface area contributed by atoms with Gasteiger partial charge in [0.25, 0.3) is 10.1 Å². The van der Waals surface area contributed by atoms with Gasteiger partial charge in [0.05, 0.1) is 37.7 Å². The van der Waals surface area contributed by atoms with E-state index in [-0.39, 0.29) is 34.8 Å². The summed E-state index contributed by atoms with van der Waals surface area (Å²) >= 11 is 0. The summed E-state index contributed by atoms with van der Waals surface area (Å²) in [6.45, 7) is 8.02. The lowest BCUT2D eigenvalue weighted by Gasteiger charge is -2.31. The summed E-state index contributed by atoms with van der Waals surface area (Å²) in [6.07, 6.45) is 12.6. The maximum Gasteiger partial charge on any atom is 0.303 e. The molecule has 4 aromatic rings. The Morgan fingerprint density at radius 3 is 2.09 bits per heavy atom. The van der Waals surface area contributed by atoms with E-state index in [2.05, 4.69) is 29.4 Å². The fourth-order valence-electron chi connectivity index (χ4n) is 9.47. The number of carbonyl (C=O) groups is 1. The van der Waals surface area contributed by atoms with Crippen LogP contribution in [0, 0.1) is 0 Å². The minimum atomic E-state index is -4.51. The van der Waals surface area contributed by atoms with E-state index in [1.165, 1.54) is 12.1 Å². The van der Waals surface area contributed by atoms with Gasteiger partial charge >= 0.3 is 5.97 Å². The molecule has 1 unspecified atom stereocenters. The molecule has 0 bridgehead atoms. The van der Waals surface area contributed by atoms with Crippen LogP contribution < -0.4 is 4.90 Å². The predicted octanol–water partition coefficient (Wildman–Crippen LogP) is 7.82. The van der Waals surface area contributed by atoms with Gasteiger partial charge in [0, 0.05) is 80.5 Å². The smallest absolute Gasteiger partial charge is 0.303 e. The third-order valence-corrected chi connectivity index (χ3v) is 15.9. The van der Waals surface area contributed by atoms with Crippen molar-refractivity contribution in [3.8, 4) is 0 Å². The number of aliphatic carboxylic acids is 1. The fourth-order valence-corrected chi connectivity index (χ4v) is 11.8. The van der Waals surface area contributed by atoms with Crippen molar-refractivity contribution in [2.75, 3.05) is 56.9 Å². The molecule has 0 saturated carbocycles. The molecule has 350 valence electrons. The molecular weight excluding hydrogens is 893 g/mol. The highest BCUT2D eigenvalue weighted by Crippen LogP contribution is 2.53. The van der Waals surface area contributed by atoms with Gasteiger partial charge in [0.2, 0.25) is 5.69 Å². The zero-order chi connectivity index (χ0) is 47.4. The van der Waals surface area contributed by atoms with Crippen LogP contribution in [0.1, 0.15) is 76.8 Å². The first kappa shape index (κ1) is 49.7. The van der Waals surface area contributed by atoms with Crippen LogP contribution in [-0.4, -0.2) is 108 Å². The molecular formula is C48H58N2O12S3. The normalized spacial score (nSPS) is 18.3. The zero-order valence-electron chi connectivity index (χ0n) is 37.4. The van der Waals surface area contributed by atoms with Crippen LogP contribution in [0.4, 0.5) is 11.4 Å². The van der Waals surface area contributed by atoms with Crippen molar-refractivity contribution < 1.29 is 58.3 Å². The number of hydrogen-bond acceptors (Lipinski definition) is 11. The molecule has 2 N–H and O–H groups in total. The second-order valence-corrected chi connectivity index (χ2v) is 22.4. The summed E-state index contributed by atoms with van der Waals surface area (Å²) in [6, 6.07) is 17.3. The zero-order valence-corrected chi connectivity index (χ0v) is 39.9. The first-order valence-electron chi connectivity index (χ1n) is 21.6. The number of benzene rings is 4. The largest absolute Gasteiger partial charge is 0.748 e. The van der Waals surface area contributed by atoms with Gasteiger partial charge in [-0.25, -0.2) is 16.8 Å². The maximum absolute atomic E-state index is 13.2. The van der Waals surface area contributed by atoms with E-state index < -0.39 is 52.6 Å². The molecule has 0 aliphatic carbocycles. The first-order valence-corrected chi connectivity index (χ1v) is 26.3. The average Bonchev–Trinajstić information content (AvgIpc) is 3.60.